The van der Waals surface area contributed by atoms with Crippen LogP contribution >= 0.6 is 0 Å². The molecule has 0 bridgehead atoms. The predicted octanol–water partition coefficient (Wildman–Crippen LogP) is 3.49. The van der Waals surface area contributed by atoms with Crippen LogP contribution in [0.4, 0.5) is 13.2 Å². The zero-order chi connectivity index (χ0) is 19.5. The molecule has 0 aliphatic carbocycles. The molecule has 0 spiro atoms. The Morgan fingerprint density at radius 3 is 2.54 bits per heavy atom. The summed E-state index contributed by atoms with van der Waals surface area (Å²) in [5.41, 5.74) is -1.37. The van der Waals surface area contributed by atoms with Crippen molar-refractivity contribution in [3.8, 4) is 5.75 Å². The molecule has 8 heteroatoms. The van der Waals surface area contributed by atoms with E-state index in [1.807, 2.05) is 26.7 Å². The molecule has 1 fully saturated rings. The summed E-state index contributed by atoms with van der Waals surface area (Å²) in [4.78, 5) is 16.9. The van der Waals surface area contributed by atoms with Gasteiger partial charge in [-0.1, -0.05) is 6.07 Å². The smallest absolute Gasteiger partial charge is 0.416 e. The molecule has 1 saturated heterocycles. The van der Waals surface area contributed by atoms with Crippen molar-refractivity contribution in [2.24, 2.45) is 0 Å². The molecule has 0 radical (unpaired) electrons. The van der Waals surface area contributed by atoms with Crippen molar-refractivity contribution in [3.05, 3.63) is 35.0 Å². The highest BCUT2D eigenvalue weighted by molar-refractivity contribution is 5.51. The molecular formula is C18H22F3NO4. The van der Waals surface area contributed by atoms with Crippen LogP contribution in [-0.2, 0) is 22.4 Å². The van der Waals surface area contributed by atoms with Gasteiger partial charge in [0.2, 0.25) is 0 Å². The first-order chi connectivity index (χ1) is 12.0. The standard InChI is InChI=1S/C18H22F3NO4/c1-17(2,3)26-22-7-6-15(8-13(22)11-24)25-14-5-4-12(10-23)16(9-14)18(19,20)21/h4-5,9,15,23H,6-8,10H2,1-3H3. The molecule has 1 aliphatic heterocycles. The zero-order valence-corrected chi connectivity index (χ0v) is 14.9. The van der Waals surface area contributed by atoms with Crippen molar-refractivity contribution in [1.82, 2.24) is 5.06 Å². The van der Waals surface area contributed by atoms with Gasteiger partial charge in [-0.05, 0) is 38.5 Å². The minimum Gasteiger partial charge on any atom is -0.490 e. The van der Waals surface area contributed by atoms with Crippen LogP contribution in [0.15, 0.2) is 23.9 Å². The number of aliphatic hydroxyl groups excluding tert-OH is 1. The highest BCUT2D eigenvalue weighted by Gasteiger charge is 2.34. The van der Waals surface area contributed by atoms with Crippen molar-refractivity contribution >= 4 is 5.94 Å². The molecule has 1 aliphatic rings. The van der Waals surface area contributed by atoms with Gasteiger partial charge < -0.3 is 9.84 Å². The monoisotopic (exact) mass is 373 g/mol. The van der Waals surface area contributed by atoms with E-state index in [0.717, 1.165) is 6.07 Å². The van der Waals surface area contributed by atoms with Gasteiger partial charge in [0.25, 0.3) is 0 Å². The Morgan fingerprint density at radius 1 is 1.31 bits per heavy atom. The average Bonchev–Trinajstić information content (AvgIpc) is 2.54. The quantitative estimate of drug-likeness (QED) is 0.819. The maximum atomic E-state index is 13.1. The maximum Gasteiger partial charge on any atom is 0.416 e. The fraction of sp³-hybridized carbons (Fsp3) is 0.556. The molecule has 1 heterocycles. The Hall–Kier alpha value is -2.02. The molecular weight excluding hydrogens is 351 g/mol. The number of hydrogen-bond donors (Lipinski definition) is 1. The summed E-state index contributed by atoms with van der Waals surface area (Å²) in [6.45, 7) is 5.20. The van der Waals surface area contributed by atoms with Crippen molar-refractivity contribution in [1.29, 1.82) is 0 Å². The van der Waals surface area contributed by atoms with Crippen LogP contribution < -0.4 is 4.74 Å². The molecule has 1 N–H and O–H groups in total. The summed E-state index contributed by atoms with van der Waals surface area (Å²) < 4.78 is 44.9. The number of rotatable bonds is 4. The highest BCUT2D eigenvalue weighted by Crippen LogP contribution is 2.35. The first kappa shape index (κ1) is 20.3. The molecule has 1 unspecified atom stereocenters. The normalized spacial score (nSPS) is 18.7. The fourth-order valence-corrected chi connectivity index (χ4v) is 2.66. The van der Waals surface area contributed by atoms with E-state index in [1.165, 1.54) is 17.2 Å². The second-order valence-electron chi connectivity index (χ2n) is 7.06. The van der Waals surface area contributed by atoms with E-state index in [2.05, 4.69) is 0 Å². The fourth-order valence-electron chi connectivity index (χ4n) is 2.66. The van der Waals surface area contributed by atoms with E-state index in [0.29, 0.717) is 13.0 Å². The molecule has 0 aromatic heterocycles. The lowest BCUT2D eigenvalue weighted by atomic mass is 10.1. The molecule has 2 rings (SSSR count). The summed E-state index contributed by atoms with van der Waals surface area (Å²) in [5, 5.41) is 10.5. The van der Waals surface area contributed by atoms with Gasteiger partial charge >= 0.3 is 6.18 Å². The number of halogens is 3. The largest absolute Gasteiger partial charge is 0.490 e. The summed E-state index contributed by atoms with van der Waals surface area (Å²) in [5.74, 6) is 1.86. The van der Waals surface area contributed by atoms with Gasteiger partial charge in [-0.25, -0.2) is 9.86 Å². The van der Waals surface area contributed by atoms with Crippen LogP contribution in [-0.4, -0.2) is 34.4 Å². The van der Waals surface area contributed by atoms with E-state index in [9.17, 15) is 18.0 Å². The Bertz CT molecular complexity index is 691. The SMILES string of the molecule is CC(C)(C)ON1CCC(Oc2ccc(CO)c(C(F)(F)F)c2)CC1=C=O. The van der Waals surface area contributed by atoms with Gasteiger partial charge in [-0.3, -0.25) is 4.84 Å². The van der Waals surface area contributed by atoms with Crippen molar-refractivity contribution in [2.75, 3.05) is 6.54 Å². The first-order valence-electron chi connectivity index (χ1n) is 8.22. The van der Waals surface area contributed by atoms with Crippen molar-refractivity contribution in [2.45, 2.75) is 58.1 Å². The lowest BCUT2D eigenvalue weighted by Gasteiger charge is -2.36. The molecule has 1 aromatic rings. The molecule has 144 valence electrons. The number of alkyl halides is 3. The van der Waals surface area contributed by atoms with Gasteiger partial charge in [0.1, 0.15) is 23.5 Å². The van der Waals surface area contributed by atoms with Crippen molar-refractivity contribution < 1.29 is 32.6 Å². The van der Waals surface area contributed by atoms with E-state index >= 15 is 0 Å². The minimum absolute atomic E-state index is 0.0370. The van der Waals surface area contributed by atoms with E-state index in [4.69, 9.17) is 14.7 Å². The molecule has 0 saturated carbocycles. The number of ether oxygens (including phenoxy) is 1. The maximum absolute atomic E-state index is 13.1. The second kappa shape index (κ2) is 7.70. The Kier molecular flexibility index (Phi) is 6.01. The second-order valence-corrected chi connectivity index (χ2v) is 7.06. The third kappa shape index (κ3) is 5.24. The van der Waals surface area contributed by atoms with Crippen LogP contribution in [0.3, 0.4) is 0 Å². The van der Waals surface area contributed by atoms with E-state index < -0.39 is 30.1 Å². The first-order valence-corrected chi connectivity index (χ1v) is 8.22. The third-order valence-electron chi connectivity index (χ3n) is 3.74. The van der Waals surface area contributed by atoms with Gasteiger partial charge in [0.15, 0.2) is 0 Å². The van der Waals surface area contributed by atoms with Crippen molar-refractivity contribution in [3.63, 3.8) is 0 Å². The topological polar surface area (TPSA) is 59.0 Å². The van der Waals surface area contributed by atoms with Crippen LogP contribution in [0.5, 0.6) is 5.75 Å². The third-order valence-corrected chi connectivity index (χ3v) is 3.74. The average molecular weight is 373 g/mol. The summed E-state index contributed by atoms with van der Waals surface area (Å²) in [7, 11) is 0. The van der Waals surface area contributed by atoms with E-state index in [-0.39, 0.29) is 23.4 Å². The molecule has 1 aromatic carbocycles. The van der Waals surface area contributed by atoms with Crippen LogP contribution in [0, 0.1) is 0 Å². The van der Waals surface area contributed by atoms with Gasteiger partial charge in [-0.15, -0.1) is 0 Å². The number of piperidine rings is 1. The summed E-state index contributed by atoms with van der Waals surface area (Å²) >= 11 is 0. The number of hydrogen-bond acceptors (Lipinski definition) is 5. The van der Waals surface area contributed by atoms with Gasteiger partial charge in [0.05, 0.1) is 17.8 Å². The van der Waals surface area contributed by atoms with Gasteiger partial charge in [0, 0.05) is 19.4 Å². The number of carbonyl (C=O) groups excluding carboxylic acids is 1. The Labute approximate surface area is 150 Å². The zero-order valence-electron chi connectivity index (χ0n) is 14.9. The number of benzene rings is 1. The molecule has 5 nitrogen and oxygen atoms in total. The van der Waals surface area contributed by atoms with E-state index in [1.54, 1.807) is 0 Å². The number of aliphatic hydroxyl groups is 1. The highest BCUT2D eigenvalue weighted by atomic mass is 19.4. The predicted molar refractivity (Wildman–Crippen MR) is 87.8 cm³/mol. The summed E-state index contributed by atoms with van der Waals surface area (Å²) in [6.07, 6.45) is -4.39. The molecule has 26 heavy (non-hydrogen) atoms. The Morgan fingerprint density at radius 2 is 2.00 bits per heavy atom. The number of hydroxylamine groups is 2. The molecule has 0 amide bonds. The lowest BCUT2D eigenvalue weighted by Crippen LogP contribution is -2.41. The molecule has 1 atom stereocenters. The van der Waals surface area contributed by atoms with Crippen LogP contribution in [0.2, 0.25) is 0 Å². The Balaban J connectivity index is 2.12. The van der Waals surface area contributed by atoms with Crippen LogP contribution in [0.25, 0.3) is 0 Å². The number of nitrogens with zero attached hydrogens (tertiary/aromatic N) is 1. The van der Waals surface area contributed by atoms with Gasteiger partial charge in [-0.2, -0.15) is 13.2 Å². The van der Waals surface area contributed by atoms with Crippen LogP contribution in [0.1, 0.15) is 44.7 Å². The minimum atomic E-state index is -4.59. The summed E-state index contributed by atoms with van der Waals surface area (Å²) in [6, 6.07) is 3.43. The lowest BCUT2D eigenvalue weighted by molar-refractivity contribution is -0.217.